The van der Waals surface area contributed by atoms with E-state index in [9.17, 15) is 9.59 Å². The standard InChI is InChI=1S/C16H17NO3/c1-2-9-20-13-10-11-5-3-4-6-12(11)16(13)17-14(18)7-8-15(17)19/h3-8,13,16H,2,9-10H2,1H3/t13-,16-/m0/s1. The monoisotopic (exact) mass is 271 g/mol. The molecule has 1 aromatic carbocycles. The summed E-state index contributed by atoms with van der Waals surface area (Å²) in [5.41, 5.74) is 2.19. The Morgan fingerprint density at radius 1 is 1.20 bits per heavy atom. The molecule has 0 unspecified atom stereocenters. The average Bonchev–Trinajstić information content (AvgIpc) is 2.97. The van der Waals surface area contributed by atoms with Crippen LogP contribution in [-0.4, -0.2) is 29.4 Å². The third-order valence-electron chi connectivity index (χ3n) is 3.80. The second kappa shape index (κ2) is 5.21. The van der Waals surface area contributed by atoms with Gasteiger partial charge in [-0.2, -0.15) is 0 Å². The summed E-state index contributed by atoms with van der Waals surface area (Å²) in [5, 5.41) is 0. The van der Waals surface area contributed by atoms with Gasteiger partial charge in [0.1, 0.15) is 0 Å². The van der Waals surface area contributed by atoms with Crippen LogP contribution in [0, 0.1) is 0 Å². The minimum atomic E-state index is -0.298. The molecular weight excluding hydrogens is 254 g/mol. The van der Waals surface area contributed by atoms with E-state index in [4.69, 9.17) is 4.74 Å². The lowest BCUT2D eigenvalue weighted by Crippen LogP contribution is -2.39. The molecule has 0 spiro atoms. The van der Waals surface area contributed by atoms with Gasteiger partial charge in [-0.05, 0) is 17.5 Å². The number of rotatable bonds is 4. The molecular formula is C16H17NO3. The fraction of sp³-hybridized carbons (Fsp3) is 0.375. The minimum absolute atomic E-state index is 0.139. The summed E-state index contributed by atoms with van der Waals surface area (Å²) in [4.78, 5) is 25.3. The fourth-order valence-electron chi connectivity index (χ4n) is 2.95. The highest BCUT2D eigenvalue weighted by Gasteiger charge is 2.42. The van der Waals surface area contributed by atoms with Crippen molar-refractivity contribution in [3.8, 4) is 0 Å². The van der Waals surface area contributed by atoms with E-state index in [1.165, 1.54) is 17.1 Å². The number of amides is 2. The van der Waals surface area contributed by atoms with Crippen molar-refractivity contribution in [3.05, 3.63) is 47.5 Å². The number of imide groups is 1. The van der Waals surface area contributed by atoms with Gasteiger partial charge in [-0.3, -0.25) is 14.5 Å². The van der Waals surface area contributed by atoms with Gasteiger partial charge >= 0.3 is 0 Å². The van der Waals surface area contributed by atoms with Crippen LogP contribution >= 0.6 is 0 Å². The van der Waals surface area contributed by atoms with Crippen molar-refractivity contribution in [3.63, 3.8) is 0 Å². The number of nitrogens with zero attached hydrogens (tertiary/aromatic N) is 1. The first-order valence-corrected chi connectivity index (χ1v) is 6.97. The van der Waals surface area contributed by atoms with Gasteiger partial charge in [0, 0.05) is 25.2 Å². The van der Waals surface area contributed by atoms with Crippen LogP contribution in [0.15, 0.2) is 36.4 Å². The topological polar surface area (TPSA) is 46.6 Å². The van der Waals surface area contributed by atoms with E-state index in [0.717, 1.165) is 24.0 Å². The van der Waals surface area contributed by atoms with Crippen molar-refractivity contribution >= 4 is 11.8 Å². The Balaban J connectivity index is 1.95. The van der Waals surface area contributed by atoms with Crippen molar-refractivity contribution in [2.75, 3.05) is 6.61 Å². The van der Waals surface area contributed by atoms with Gasteiger partial charge in [0.05, 0.1) is 12.1 Å². The second-order valence-electron chi connectivity index (χ2n) is 5.14. The van der Waals surface area contributed by atoms with Crippen LogP contribution in [0.1, 0.15) is 30.5 Å². The van der Waals surface area contributed by atoms with Crippen molar-refractivity contribution in [2.24, 2.45) is 0 Å². The molecule has 0 fully saturated rings. The summed E-state index contributed by atoms with van der Waals surface area (Å²) >= 11 is 0. The zero-order valence-electron chi connectivity index (χ0n) is 11.4. The number of hydrogen-bond donors (Lipinski definition) is 0. The van der Waals surface area contributed by atoms with Crippen LogP contribution in [0.2, 0.25) is 0 Å². The van der Waals surface area contributed by atoms with Gasteiger partial charge in [-0.15, -0.1) is 0 Å². The molecule has 3 rings (SSSR count). The van der Waals surface area contributed by atoms with E-state index in [0.29, 0.717) is 6.61 Å². The van der Waals surface area contributed by atoms with Crippen LogP contribution in [0.4, 0.5) is 0 Å². The van der Waals surface area contributed by atoms with Gasteiger partial charge in [-0.25, -0.2) is 0 Å². The molecule has 0 bridgehead atoms. The Kier molecular flexibility index (Phi) is 3.40. The summed E-state index contributed by atoms with van der Waals surface area (Å²) in [6.07, 6.45) is 4.19. The van der Waals surface area contributed by atoms with Crippen LogP contribution in [0.25, 0.3) is 0 Å². The van der Waals surface area contributed by atoms with Gasteiger partial charge in [0.25, 0.3) is 11.8 Å². The van der Waals surface area contributed by atoms with E-state index in [2.05, 4.69) is 0 Å². The highest BCUT2D eigenvalue weighted by atomic mass is 16.5. The molecule has 1 aliphatic carbocycles. The van der Waals surface area contributed by atoms with Gasteiger partial charge < -0.3 is 4.74 Å². The number of hydrogen-bond acceptors (Lipinski definition) is 3. The summed E-state index contributed by atoms with van der Waals surface area (Å²) < 4.78 is 5.88. The molecule has 4 nitrogen and oxygen atoms in total. The molecule has 1 aliphatic heterocycles. The predicted molar refractivity (Wildman–Crippen MR) is 73.9 cm³/mol. The van der Waals surface area contributed by atoms with E-state index < -0.39 is 0 Å². The lowest BCUT2D eigenvalue weighted by molar-refractivity contribution is -0.143. The highest BCUT2D eigenvalue weighted by molar-refractivity contribution is 6.13. The zero-order valence-corrected chi connectivity index (χ0v) is 11.4. The second-order valence-corrected chi connectivity index (χ2v) is 5.14. The number of benzene rings is 1. The molecule has 0 saturated carbocycles. The Morgan fingerprint density at radius 2 is 1.90 bits per heavy atom. The van der Waals surface area contributed by atoms with Crippen molar-refractivity contribution < 1.29 is 14.3 Å². The first kappa shape index (κ1) is 13.1. The molecule has 20 heavy (non-hydrogen) atoms. The summed E-state index contributed by atoms with van der Waals surface area (Å²) in [6.45, 7) is 2.68. The fourth-order valence-corrected chi connectivity index (χ4v) is 2.95. The van der Waals surface area contributed by atoms with Gasteiger partial charge in [0.15, 0.2) is 0 Å². The Hall–Kier alpha value is -1.94. The molecule has 0 radical (unpaired) electrons. The summed E-state index contributed by atoms with van der Waals surface area (Å²) in [6, 6.07) is 7.63. The Labute approximate surface area is 118 Å². The van der Waals surface area contributed by atoms with E-state index in [-0.39, 0.29) is 24.0 Å². The normalized spacial score (nSPS) is 24.6. The van der Waals surface area contributed by atoms with Crippen molar-refractivity contribution in [1.82, 2.24) is 4.90 Å². The Bertz CT molecular complexity index is 561. The van der Waals surface area contributed by atoms with Crippen LogP contribution < -0.4 is 0 Å². The first-order valence-electron chi connectivity index (χ1n) is 6.97. The minimum Gasteiger partial charge on any atom is -0.375 e. The number of fused-ring (bicyclic) bond motifs is 1. The molecule has 0 aromatic heterocycles. The lowest BCUT2D eigenvalue weighted by atomic mass is 10.1. The molecule has 1 aromatic rings. The van der Waals surface area contributed by atoms with Crippen LogP contribution in [-0.2, 0) is 20.7 Å². The third kappa shape index (κ3) is 2.06. The van der Waals surface area contributed by atoms with Crippen molar-refractivity contribution in [2.45, 2.75) is 31.9 Å². The SMILES string of the molecule is CCCO[C@H]1Cc2ccccc2[C@@H]1N1C(=O)C=CC1=O. The lowest BCUT2D eigenvalue weighted by Gasteiger charge is -2.28. The van der Waals surface area contributed by atoms with Crippen LogP contribution in [0.3, 0.4) is 0 Å². The van der Waals surface area contributed by atoms with Gasteiger partial charge in [-0.1, -0.05) is 31.2 Å². The molecule has 4 heteroatoms. The number of ether oxygens (including phenoxy) is 1. The molecule has 104 valence electrons. The quantitative estimate of drug-likeness (QED) is 0.787. The predicted octanol–water partition coefficient (Wildman–Crippen LogP) is 2.00. The largest absolute Gasteiger partial charge is 0.375 e. The van der Waals surface area contributed by atoms with E-state index in [1.807, 2.05) is 31.2 Å². The maximum Gasteiger partial charge on any atom is 0.254 e. The molecule has 0 N–H and O–H groups in total. The number of carbonyl (C=O) groups is 2. The van der Waals surface area contributed by atoms with E-state index >= 15 is 0 Å². The molecule has 2 aliphatic rings. The Morgan fingerprint density at radius 3 is 2.60 bits per heavy atom. The van der Waals surface area contributed by atoms with Crippen LogP contribution in [0.5, 0.6) is 0 Å². The average molecular weight is 271 g/mol. The molecule has 2 atom stereocenters. The smallest absolute Gasteiger partial charge is 0.254 e. The molecule has 2 amide bonds. The summed E-state index contributed by atoms with van der Waals surface area (Å²) in [5.74, 6) is -0.497. The van der Waals surface area contributed by atoms with E-state index in [1.54, 1.807) is 0 Å². The van der Waals surface area contributed by atoms with Gasteiger partial charge in [0.2, 0.25) is 0 Å². The molecule has 1 heterocycles. The number of carbonyl (C=O) groups excluding carboxylic acids is 2. The zero-order chi connectivity index (χ0) is 14.1. The molecule has 0 saturated heterocycles. The maximum absolute atomic E-state index is 12.0. The summed E-state index contributed by atoms with van der Waals surface area (Å²) in [7, 11) is 0. The third-order valence-corrected chi connectivity index (χ3v) is 3.80. The first-order chi connectivity index (χ1) is 9.72. The highest BCUT2D eigenvalue weighted by Crippen LogP contribution is 2.39. The maximum atomic E-state index is 12.0. The van der Waals surface area contributed by atoms with Crippen molar-refractivity contribution in [1.29, 1.82) is 0 Å².